The summed E-state index contributed by atoms with van der Waals surface area (Å²) in [5.41, 5.74) is 11.5. The standard InChI is InChI=1S/C20H22ClNO2.C20H20ClNO2.C2H6O.B.Na.H/c2*1-22-8-7-12-9-17(21)19(24)10-16(12)20-15-4-2-3-13(11-23)14(15)5-6-18(20)22;1-2-3;;;/h2-4,9-10,18,20,23-24H,5-8,11H2,1H3;2-4,9-11,18,20,24H,5-8H2,1H3;3H,2H2,1H3;;;/q;;;;+1;-1/t2*18-,20+;;;;/m00..../s1. The van der Waals surface area contributed by atoms with Gasteiger partial charge in [-0.3, -0.25) is 4.79 Å². The molecule has 4 aromatic rings. The van der Waals surface area contributed by atoms with Gasteiger partial charge in [-0.2, -0.15) is 0 Å². The Morgan fingerprint density at radius 1 is 0.736 bits per heavy atom. The van der Waals surface area contributed by atoms with Gasteiger partial charge in [0.2, 0.25) is 0 Å². The zero-order valence-corrected chi connectivity index (χ0v) is 34.7. The third kappa shape index (κ3) is 8.72. The maximum Gasteiger partial charge on any atom is 1.00 e. The first-order valence-electron chi connectivity index (χ1n) is 17.9. The summed E-state index contributed by atoms with van der Waals surface area (Å²) in [6.45, 7) is 3.97. The molecule has 2 heterocycles. The number of hydrogen-bond acceptors (Lipinski definition) is 7. The topological polar surface area (TPSA) is 104 Å². The molecule has 4 N–H and O–H groups in total. The molecule has 11 heteroatoms. The van der Waals surface area contributed by atoms with Crippen LogP contribution in [0.4, 0.5) is 0 Å². The van der Waals surface area contributed by atoms with Gasteiger partial charge in [-0.05, 0) is 134 Å². The second-order valence-electron chi connectivity index (χ2n) is 14.1. The van der Waals surface area contributed by atoms with Crippen LogP contribution < -0.4 is 29.6 Å². The van der Waals surface area contributed by atoms with E-state index >= 15 is 0 Å². The van der Waals surface area contributed by atoms with E-state index in [-0.39, 0.29) is 75.9 Å². The predicted octanol–water partition coefficient (Wildman–Crippen LogP) is 4.00. The summed E-state index contributed by atoms with van der Waals surface area (Å²) in [5, 5.41) is 38.5. The van der Waals surface area contributed by atoms with Gasteiger partial charge in [0.15, 0.2) is 0 Å². The van der Waals surface area contributed by atoms with E-state index in [4.69, 9.17) is 28.3 Å². The van der Waals surface area contributed by atoms with Gasteiger partial charge in [0.1, 0.15) is 17.8 Å². The van der Waals surface area contributed by atoms with Crippen LogP contribution in [0.1, 0.15) is 93.5 Å². The van der Waals surface area contributed by atoms with Crippen molar-refractivity contribution in [2.24, 2.45) is 0 Å². The number of carbonyl (C=O) groups excluding carboxylic acids is 1. The SMILES string of the molecule is CCO.CN1CCc2cc(Cl)c(O)cc2[C@H]2c3cccc(C=O)c3CC[C@@H]21.CN1CCc2cc(Cl)c(O)cc2[C@H]2c3cccc(CO)c3CC[C@@H]21.[B].[H-].[Na+]. The fraction of sp³-hybridized carbons (Fsp3) is 0.405. The number of aromatic hydroxyl groups is 2. The van der Waals surface area contributed by atoms with Gasteiger partial charge in [-0.25, -0.2) is 0 Å². The Labute approximate surface area is 349 Å². The van der Waals surface area contributed by atoms with Crippen LogP contribution in [0, 0.1) is 0 Å². The van der Waals surface area contributed by atoms with Crippen LogP contribution in [0.25, 0.3) is 0 Å². The number of hydrogen-bond donors (Lipinski definition) is 4. The minimum absolute atomic E-state index is 0. The van der Waals surface area contributed by atoms with Crippen LogP contribution in [-0.2, 0) is 32.3 Å². The molecule has 4 atom stereocenters. The number of likely N-dealkylation sites (N-methyl/N-ethyl adjacent to an activating group) is 2. The molecule has 2 aliphatic heterocycles. The van der Waals surface area contributed by atoms with Gasteiger partial charge in [0.05, 0.1) is 16.7 Å². The molecule has 4 aromatic carbocycles. The van der Waals surface area contributed by atoms with Crippen molar-refractivity contribution in [2.45, 2.75) is 76.0 Å². The molecule has 2 aliphatic carbocycles. The Morgan fingerprint density at radius 3 is 1.66 bits per heavy atom. The molecule has 0 amide bonds. The Hall–Kier alpha value is -2.37. The minimum atomic E-state index is 0. The molecular formula is C42H49BCl2N2NaO5. The third-order valence-electron chi connectivity index (χ3n) is 11.4. The van der Waals surface area contributed by atoms with Crippen molar-refractivity contribution in [2.75, 3.05) is 33.8 Å². The van der Waals surface area contributed by atoms with E-state index in [2.05, 4.69) is 36.0 Å². The first-order valence-corrected chi connectivity index (χ1v) is 18.7. The molecule has 0 saturated carbocycles. The van der Waals surface area contributed by atoms with Crippen molar-refractivity contribution in [3.8, 4) is 11.5 Å². The van der Waals surface area contributed by atoms with Gasteiger partial charge in [-0.15, -0.1) is 0 Å². The van der Waals surface area contributed by atoms with Crippen LogP contribution in [0.15, 0.2) is 60.7 Å². The largest absolute Gasteiger partial charge is 1.00 e. The van der Waals surface area contributed by atoms with Gasteiger partial charge in [0, 0.05) is 57.6 Å². The van der Waals surface area contributed by atoms with Crippen LogP contribution in [0.5, 0.6) is 11.5 Å². The number of aliphatic hydroxyl groups is 2. The van der Waals surface area contributed by atoms with E-state index in [1.165, 1.54) is 33.4 Å². The van der Waals surface area contributed by atoms with E-state index in [0.717, 1.165) is 80.2 Å². The zero-order chi connectivity index (χ0) is 36.4. The summed E-state index contributed by atoms with van der Waals surface area (Å²) in [4.78, 5) is 16.3. The minimum Gasteiger partial charge on any atom is -1.00 e. The number of nitrogens with zero attached hydrogens (tertiary/aromatic N) is 2. The zero-order valence-electron chi connectivity index (χ0n) is 32.2. The first-order chi connectivity index (χ1) is 24.6. The molecule has 275 valence electrons. The van der Waals surface area contributed by atoms with E-state index < -0.39 is 0 Å². The summed E-state index contributed by atoms with van der Waals surface area (Å²) in [7, 11) is 4.35. The molecule has 0 spiro atoms. The fourth-order valence-corrected chi connectivity index (χ4v) is 9.29. The molecule has 3 radical (unpaired) electrons. The Balaban J connectivity index is 0.000000257. The maximum absolute atomic E-state index is 11.4. The number of halogens is 2. The van der Waals surface area contributed by atoms with Crippen LogP contribution in [-0.4, -0.2) is 90.8 Å². The number of rotatable bonds is 2. The molecule has 0 aromatic heterocycles. The van der Waals surface area contributed by atoms with Gasteiger partial charge in [0.25, 0.3) is 0 Å². The molecule has 7 nitrogen and oxygen atoms in total. The van der Waals surface area contributed by atoms with E-state index in [1.807, 2.05) is 48.5 Å². The quantitative estimate of drug-likeness (QED) is 0.181. The average Bonchev–Trinajstić information content (AvgIpc) is 3.36. The van der Waals surface area contributed by atoms with E-state index in [9.17, 15) is 20.1 Å². The molecule has 0 bridgehead atoms. The number of aliphatic hydroxyl groups excluding tert-OH is 2. The van der Waals surface area contributed by atoms with Gasteiger partial charge >= 0.3 is 29.6 Å². The third-order valence-corrected chi connectivity index (χ3v) is 12.0. The molecule has 0 fully saturated rings. The second kappa shape index (κ2) is 19.0. The van der Waals surface area contributed by atoms with Crippen molar-refractivity contribution >= 4 is 37.9 Å². The summed E-state index contributed by atoms with van der Waals surface area (Å²) in [6.07, 6.45) is 6.81. The van der Waals surface area contributed by atoms with Crippen LogP contribution in [0.2, 0.25) is 10.0 Å². The molecule has 8 rings (SSSR count). The molecule has 0 saturated heterocycles. The van der Waals surface area contributed by atoms with Crippen molar-refractivity contribution in [3.05, 3.63) is 126 Å². The van der Waals surface area contributed by atoms with Crippen molar-refractivity contribution < 1.29 is 56.2 Å². The number of aldehydes is 1. The molecule has 0 unspecified atom stereocenters. The number of phenolic OH excluding ortho intramolecular Hbond substituents is 2. The van der Waals surface area contributed by atoms with E-state index in [1.54, 1.807) is 6.92 Å². The Kier molecular flexibility index (Phi) is 15.5. The Morgan fingerprint density at radius 2 is 1.19 bits per heavy atom. The van der Waals surface area contributed by atoms with Gasteiger partial charge < -0.3 is 31.7 Å². The van der Waals surface area contributed by atoms with Crippen molar-refractivity contribution in [1.82, 2.24) is 9.80 Å². The smallest absolute Gasteiger partial charge is 1.00 e. The number of carbonyl (C=O) groups is 1. The maximum atomic E-state index is 11.4. The normalized spacial score (nSPS) is 21.2. The van der Waals surface area contributed by atoms with Gasteiger partial charge in [-0.1, -0.05) is 59.6 Å². The van der Waals surface area contributed by atoms with Crippen molar-refractivity contribution in [3.63, 3.8) is 0 Å². The van der Waals surface area contributed by atoms with E-state index in [0.29, 0.717) is 22.1 Å². The first kappa shape index (κ1) is 43.4. The van der Waals surface area contributed by atoms with Crippen LogP contribution in [0.3, 0.4) is 0 Å². The molecule has 53 heavy (non-hydrogen) atoms. The Bertz CT molecular complexity index is 1920. The fourth-order valence-electron chi connectivity index (χ4n) is 8.92. The molecular weight excluding hydrogens is 717 g/mol. The van der Waals surface area contributed by atoms with Crippen LogP contribution >= 0.6 is 23.2 Å². The summed E-state index contributed by atoms with van der Waals surface area (Å²) in [5.74, 6) is 0.673. The average molecular weight is 767 g/mol. The number of fused-ring (bicyclic) bond motifs is 10. The summed E-state index contributed by atoms with van der Waals surface area (Å²) < 4.78 is 0. The number of phenols is 2. The molecule has 4 aliphatic rings. The summed E-state index contributed by atoms with van der Waals surface area (Å²) >= 11 is 12.3. The number of benzene rings is 4. The van der Waals surface area contributed by atoms with Crippen molar-refractivity contribution in [1.29, 1.82) is 0 Å². The monoisotopic (exact) mass is 765 g/mol. The second-order valence-corrected chi connectivity index (χ2v) is 14.9. The predicted molar refractivity (Wildman–Crippen MR) is 211 cm³/mol. The summed E-state index contributed by atoms with van der Waals surface area (Å²) in [6, 6.07) is 20.5.